The van der Waals surface area contributed by atoms with Crippen LogP contribution in [0.3, 0.4) is 0 Å². The standard InChI is InChI=1S/C24H24Cl2N4O5/c1-33-17-9-18(34-2)23(26)21(22(17)25)16-7-13-10-29-20(8-14(13)24(32)35-16)30-15-11-28-6-5-12(15)3-4-19(27)31/h3-4,7-10,12,15,28H,5-6,11H2,1-2H3,(H2,27,31)(H,29,30)/t12-,15+/m1/s1. The van der Waals surface area contributed by atoms with Crippen LogP contribution in [-0.4, -0.2) is 44.2 Å². The molecule has 1 aliphatic heterocycles. The summed E-state index contributed by atoms with van der Waals surface area (Å²) in [6.45, 7) is 1.49. The van der Waals surface area contributed by atoms with E-state index in [4.69, 9.17) is 42.8 Å². The first-order valence-corrected chi connectivity index (χ1v) is 11.6. The number of rotatable bonds is 7. The first kappa shape index (κ1) is 24.8. The van der Waals surface area contributed by atoms with Crippen LogP contribution in [0.2, 0.25) is 10.0 Å². The topological polar surface area (TPSA) is 129 Å². The molecule has 184 valence electrons. The van der Waals surface area contributed by atoms with E-state index in [2.05, 4.69) is 15.6 Å². The number of nitrogens with zero attached hydrogens (tertiary/aromatic N) is 1. The maximum Gasteiger partial charge on any atom is 0.344 e. The van der Waals surface area contributed by atoms with Gasteiger partial charge in [-0.2, -0.15) is 0 Å². The van der Waals surface area contributed by atoms with Crippen molar-refractivity contribution >= 4 is 45.7 Å². The molecule has 9 nitrogen and oxygen atoms in total. The molecule has 0 saturated carbocycles. The van der Waals surface area contributed by atoms with E-state index in [0.29, 0.717) is 34.6 Å². The molecule has 1 aliphatic rings. The number of ether oxygens (including phenoxy) is 2. The van der Waals surface area contributed by atoms with Crippen LogP contribution in [0.1, 0.15) is 6.42 Å². The van der Waals surface area contributed by atoms with Crippen molar-refractivity contribution in [1.29, 1.82) is 0 Å². The van der Waals surface area contributed by atoms with Gasteiger partial charge in [0.25, 0.3) is 0 Å². The number of methoxy groups -OCH3 is 2. The lowest BCUT2D eigenvalue weighted by Crippen LogP contribution is -2.44. The van der Waals surface area contributed by atoms with Gasteiger partial charge in [-0.25, -0.2) is 9.78 Å². The Morgan fingerprint density at radius 2 is 1.94 bits per heavy atom. The third kappa shape index (κ3) is 5.22. The maximum absolute atomic E-state index is 12.9. The lowest BCUT2D eigenvalue weighted by atomic mass is 9.92. The number of piperidine rings is 1. The van der Waals surface area contributed by atoms with Gasteiger partial charge in [0.2, 0.25) is 5.91 Å². The van der Waals surface area contributed by atoms with Crippen LogP contribution in [0.4, 0.5) is 5.82 Å². The Hall–Kier alpha value is -3.27. The van der Waals surface area contributed by atoms with Crippen LogP contribution in [0.25, 0.3) is 22.1 Å². The molecule has 0 aliphatic carbocycles. The van der Waals surface area contributed by atoms with E-state index < -0.39 is 11.5 Å². The number of pyridine rings is 1. The summed E-state index contributed by atoms with van der Waals surface area (Å²) in [6, 6.07) is 4.78. The molecule has 1 saturated heterocycles. The average molecular weight is 519 g/mol. The third-order valence-electron chi connectivity index (χ3n) is 5.84. The van der Waals surface area contributed by atoms with Crippen molar-refractivity contribution in [1.82, 2.24) is 10.3 Å². The minimum Gasteiger partial charge on any atom is -0.495 e. The van der Waals surface area contributed by atoms with E-state index >= 15 is 0 Å². The maximum atomic E-state index is 12.9. The minimum absolute atomic E-state index is 0.0440. The van der Waals surface area contributed by atoms with E-state index in [1.807, 2.05) is 0 Å². The number of fused-ring (bicyclic) bond motifs is 1. The van der Waals surface area contributed by atoms with Gasteiger partial charge in [0.05, 0.1) is 35.2 Å². The van der Waals surface area contributed by atoms with Crippen LogP contribution in [0, 0.1) is 5.92 Å². The fourth-order valence-electron chi connectivity index (χ4n) is 4.06. The van der Waals surface area contributed by atoms with Gasteiger partial charge in [0.15, 0.2) is 0 Å². The number of primary amides is 1. The van der Waals surface area contributed by atoms with Crippen molar-refractivity contribution in [3.05, 3.63) is 57.0 Å². The number of hydrogen-bond acceptors (Lipinski definition) is 8. The van der Waals surface area contributed by atoms with Crippen LogP contribution >= 0.6 is 23.2 Å². The summed E-state index contributed by atoms with van der Waals surface area (Å²) in [5.74, 6) is 0.891. The fourth-order valence-corrected chi connectivity index (χ4v) is 4.75. The number of nitrogens with one attached hydrogen (secondary N) is 2. The Balaban J connectivity index is 1.70. The Morgan fingerprint density at radius 1 is 1.23 bits per heavy atom. The zero-order chi connectivity index (χ0) is 25.1. The number of benzene rings is 1. The van der Waals surface area contributed by atoms with Crippen LogP contribution in [0.15, 0.2) is 45.8 Å². The molecule has 2 atom stereocenters. The van der Waals surface area contributed by atoms with E-state index in [9.17, 15) is 9.59 Å². The number of nitrogens with two attached hydrogens (primary N) is 1. The number of aromatic nitrogens is 1. The number of anilines is 1. The highest BCUT2D eigenvalue weighted by Gasteiger charge is 2.24. The SMILES string of the molecule is COc1cc(OC)c(Cl)c(-c2cc3cnc(N[C@H]4CNCC[C@H]4C=CC(N)=O)cc3c(=O)o2)c1Cl. The number of carbonyl (C=O) groups excluding carboxylic acids is 1. The van der Waals surface area contributed by atoms with Gasteiger partial charge in [-0.15, -0.1) is 0 Å². The second-order valence-corrected chi connectivity index (χ2v) is 8.76. The largest absolute Gasteiger partial charge is 0.495 e. The first-order valence-electron chi connectivity index (χ1n) is 10.8. The van der Waals surface area contributed by atoms with Gasteiger partial charge in [-0.3, -0.25) is 4.79 Å². The van der Waals surface area contributed by atoms with Gasteiger partial charge < -0.3 is 30.3 Å². The number of carbonyl (C=O) groups is 1. The van der Waals surface area contributed by atoms with Gasteiger partial charge in [0, 0.05) is 30.2 Å². The number of hydrogen-bond donors (Lipinski definition) is 3. The van der Waals surface area contributed by atoms with Crippen molar-refractivity contribution in [2.75, 3.05) is 32.6 Å². The van der Waals surface area contributed by atoms with Crippen molar-refractivity contribution in [3.8, 4) is 22.8 Å². The monoisotopic (exact) mass is 518 g/mol. The van der Waals surface area contributed by atoms with Crippen LogP contribution in [0.5, 0.6) is 11.5 Å². The molecule has 4 N–H and O–H groups in total. The van der Waals surface area contributed by atoms with Gasteiger partial charge in [-0.1, -0.05) is 29.3 Å². The molecular weight excluding hydrogens is 495 g/mol. The van der Waals surface area contributed by atoms with E-state index in [1.54, 1.807) is 30.5 Å². The zero-order valence-corrected chi connectivity index (χ0v) is 20.6. The van der Waals surface area contributed by atoms with E-state index in [1.165, 1.54) is 20.3 Å². The molecule has 4 rings (SSSR count). The second-order valence-electron chi connectivity index (χ2n) is 8.01. The van der Waals surface area contributed by atoms with Crippen molar-refractivity contribution in [2.24, 2.45) is 11.7 Å². The van der Waals surface area contributed by atoms with Crippen LogP contribution in [-0.2, 0) is 4.79 Å². The van der Waals surface area contributed by atoms with E-state index in [-0.39, 0.29) is 33.3 Å². The summed E-state index contributed by atoms with van der Waals surface area (Å²) in [7, 11) is 2.92. The molecular formula is C24H24Cl2N4O5. The predicted molar refractivity (Wildman–Crippen MR) is 136 cm³/mol. The molecule has 2 aromatic heterocycles. The molecule has 35 heavy (non-hydrogen) atoms. The lowest BCUT2D eigenvalue weighted by Gasteiger charge is -2.31. The molecule has 1 aromatic carbocycles. The van der Waals surface area contributed by atoms with Gasteiger partial charge in [0.1, 0.15) is 23.1 Å². The summed E-state index contributed by atoms with van der Waals surface area (Å²) < 4.78 is 16.2. The van der Waals surface area contributed by atoms with Crippen LogP contribution < -0.4 is 31.5 Å². The Bertz CT molecular complexity index is 1330. The fraction of sp³-hybridized carbons (Fsp3) is 0.292. The smallest absolute Gasteiger partial charge is 0.344 e. The van der Waals surface area contributed by atoms with E-state index in [0.717, 1.165) is 13.0 Å². The molecule has 0 radical (unpaired) electrons. The highest BCUT2D eigenvalue weighted by atomic mass is 35.5. The van der Waals surface area contributed by atoms with Gasteiger partial charge >= 0.3 is 5.63 Å². The molecule has 0 bridgehead atoms. The van der Waals surface area contributed by atoms with Gasteiger partial charge in [-0.05, 0) is 37.1 Å². The average Bonchev–Trinajstić information content (AvgIpc) is 2.84. The lowest BCUT2D eigenvalue weighted by molar-refractivity contribution is -0.113. The summed E-state index contributed by atoms with van der Waals surface area (Å²) in [6.07, 6.45) is 5.57. The number of amides is 1. The Morgan fingerprint density at radius 3 is 2.60 bits per heavy atom. The highest BCUT2D eigenvalue weighted by molar-refractivity contribution is 6.41. The first-order chi connectivity index (χ1) is 16.8. The quantitative estimate of drug-likeness (QED) is 0.404. The molecule has 0 spiro atoms. The molecule has 1 amide bonds. The molecule has 3 aromatic rings. The molecule has 3 heterocycles. The Kier molecular flexibility index (Phi) is 7.49. The van der Waals surface area contributed by atoms with Crippen molar-refractivity contribution < 1.29 is 18.7 Å². The molecule has 1 fully saturated rings. The normalized spacial score (nSPS) is 18.1. The summed E-state index contributed by atoms with van der Waals surface area (Å²) >= 11 is 13.0. The summed E-state index contributed by atoms with van der Waals surface area (Å²) in [4.78, 5) is 28.6. The molecule has 0 unspecified atom stereocenters. The highest BCUT2D eigenvalue weighted by Crippen LogP contribution is 2.46. The number of halogens is 2. The third-order valence-corrected chi connectivity index (χ3v) is 6.59. The van der Waals surface area contributed by atoms with Crippen molar-refractivity contribution in [2.45, 2.75) is 12.5 Å². The summed E-state index contributed by atoms with van der Waals surface area (Å²) in [5.41, 5.74) is 4.94. The second kappa shape index (κ2) is 10.6. The zero-order valence-electron chi connectivity index (χ0n) is 19.1. The Labute approximate surface area is 211 Å². The predicted octanol–water partition coefficient (Wildman–Crippen LogP) is 3.61. The summed E-state index contributed by atoms with van der Waals surface area (Å²) in [5, 5.41) is 7.90. The molecule has 11 heteroatoms. The minimum atomic E-state index is -0.580. The van der Waals surface area contributed by atoms with Crippen molar-refractivity contribution in [3.63, 3.8) is 0 Å².